The molecule has 12 heavy (non-hydrogen) atoms. The van der Waals surface area contributed by atoms with Crippen LogP contribution in [0.15, 0.2) is 0 Å². The van der Waals surface area contributed by atoms with E-state index >= 15 is 0 Å². The number of aliphatic carboxylic acids is 1. The van der Waals surface area contributed by atoms with E-state index in [2.05, 4.69) is 17.9 Å². The summed E-state index contributed by atoms with van der Waals surface area (Å²) < 4.78 is 28.5. The first-order valence-electron chi connectivity index (χ1n) is 2.89. The van der Waals surface area contributed by atoms with Crippen molar-refractivity contribution < 1.29 is 22.9 Å². The minimum absolute atomic E-state index is 0.0507. The van der Waals surface area contributed by atoms with Crippen LogP contribution < -0.4 is 5.32 Å². The van der Waals surface area contributed by atoms with Gasteiger partial charge >= 0.3 is 5.97 Å². The molecular weight excluding hydrogens is 206 g/mol. The fraction of sp³-hybridized carbons (Fsp3) is 0.750. The average Bonchev–Trinajstić information content (AvgIpc) is 1.85. The maximum Gasteiger partial charge on any atom is 0.321 e. The van der Waals surface area contributed by atoms with Crippen LogP contribution in [-0.2, 0) is 14.9 Å². The molecule has 1 atom stereocenters. The monoisotopic (exact) mass is 215 g/mol. The Balaban J connectivity index is 3.98. The molecule has 0 amide bonds. The molecule has 0 saturated carbocycles. The second-order valence-corrected chi connectivity index (χ2v) is 3.82. The summed E-state index contributed by atoms with van der Waals surface area (Å²) in [5.41, 5.74) is 0. The van der Waals surface area contributed by atoms with Gasteiger partial charge in [-0.05, 0) is 0 Å². The number of carbonyl (C=O) groups is 1. The Bertz CT molecular complexity index is 248. The van der Waals surface area contributed by atoms with Gasteiger partial charge in [-0.3, -0.25) is 14.7 Å². The van der Waals surface area contributed by atoms with E-state index in [1.165, 1.54) is 0 Å². The molecule has 0 rings (SSSR count). The van der Waals surface area contributed by atoms with Gasteiger partial charge in [-0.1, -0.05) is 0 Å². The number of carboxylic acids is 1. The third kappa shape index (κ3) is 5.35. The molecule has 0 heterocycles. The summed E-state index contributed by atoms with van der Waals surface area (Å²) in [6.07, 6.45) is 0. The van der Waals surface area contributed by atoms with Crippen LogP contribution in [0.4, 0.5) is 0 Å². The first-order chi connectivity index (χ1) is 5.37. The largest absolute Gasteiger partial charge is 0.480 e. The average molecular weight is 215 g/mol. The lowest BCUT2D eigenvalue weighted by molar-refractivity contribution is -0.138. The van der Waals surface area contributed by atoms with Crippen LogP contribution >= 0.6 is 12.6 Å². The first kappa shape index (κ1) is 11.7. The highest BCUT2D eigenvalue weighted by Crippen LogP contribution is 1.89. The van der Waals surface area contributed by atoms with E-state index in [-0.39, 0.29) is 5.75 Å². The summed E-state index contributed by atoms with van der Waals surface area (Å²) in [5.74, 6) is -2.05. The highest BCUT2D eigenvalue weighted by Gasteiger charge is 2.16. The minimum Gasteiger partial charge on any atom is -0.480 e. The van der Waals surface area contributed by atoms with Gasteiger partial charge in [0.1, 0.15) is 11.9 Å². The minimum atomic E-state index is -4.17. The lowest BCUT2D eigenvalue weighted by Gasteiger charge is -2.09. The molecule has 3 N–H and O–H groups in total. The topological polar surface area (TPSA) is 104 Å². The number of thiol groups is 1. The maximum atomic E-state index is 10.3. The van der Waals surface area contributed by atoms with E-state index < -0.39 is 28.0 Å². The van der Waals surface area contributed by atoms with E-state index in [4.69, 9.17) is 9.66 Å². The van der Waals surface area contributed by atoms with Gasteiger partial charge in [-0.2, -0.15) is 21.0 Å². The Hall–Kier alpha value is -0.310. The zero-order chi connectivity index (χ0) is 9.78. The smallest absolute Gasteiger partial charge is 0.321 e. The van der Waals surface area contributed by atoms with E-state index in [1.807, 2.05) is 0 Å². The lowest BCUT2D eigenvalue weighted by atomic mass is 10.3. The fourth-order valence-electron chi connectivity index (χ4n) is 0.436. The Morgan fingerprint density at radius 1 is 1.58 bits per heavy atom. The van der Waals surface area contributed by atoms with E-state index in [0.29, 0.717) is 0 Å². The third-order valence-electron chi connectivity index (χ3n) is 0.993. The van der Waals surface area contributed by atoms with Crippen molar-refractivity contribution in [3.05, 3.63) is 0 Å². The predicted molar refractivity (Wildman–Crippen MR) is 44.8 cm³/mol. The first-order valence-corrected chi connectivity index (χ1v) is 5.13. The van der Waals surface area contributed by atoms with Crippen molar-refractivity contribution >= 4 is 28.7 Å². The molecule has 0 saturated heterocycles. The molecule has 1 unspecified atom stereocenters. The molecule has 8 heteroatoms. The molecule has 0 bridgehead atoms. The Morgan fingerprint density at radius 3 is 2.33 bits per heavy atom. The molecule has 0 aliphatic carbocycles. The van der Waals surface area contributed by atoms with Gasteiger partial charge in [0.05, 0.1) is 0 Å². The number of nitrogens with one attached hydrogen (secondary N) is 1. The summed E-state index contributed by atoms with van der Waals surface area (Å²) >= 11 is 3.66. The van der Waals surface area contributed by atoms with Crippen LogP contribution in [-0.4, -0.2) is 41.7 Å². The van der Waals surface area contributed by atoms with Crippen LogP contribution in [0, 0.1) is 0 Å². The van der Waals surface area contributed by atoms with Crippen LogP contribution in [0.2, 0.25) is 0 Å². The molecule has 0 radical (unpaired) electrons. The maximum absolute atomic E-state index is 10.3. The Kier molecular flexibility index (Phi) is 4.53. The Labute approximate surface area is 75.1 Å². The molecule has 0 aliphatic heterocycles. The van der Waals surface area contributed by atoms with Crippen LogP contribution in [0.25, 0.3) is 0 Å². The second-order valence-electron chi connectivity index (χ2n) is 2.00. The standard InChI is InChI=1S/C4H9NO5S2/c6-4(7)3(1-11)5-2-12(8,9)10/h3,5,11H,1-2H2,(H,6,7)(H,8,9,10). The summed E-state index contributed by atoms with van der Waals surface area (Å²) in [6, 6.07) is -1.07. The van der Waals surface area contributed by atoms with Gasteiger partial charge in [0.25, 0.3) is 10.1 Å². The molecule has 0 aromatic heterocycles. The van der Waals surface area contributed by atoms with Crippen molar-refractivity contribution in [1.82, 2.24) is 5.32 Å². The van der Waals surface area contributed by atoms with Gasteiger partial charge in [0, 0.05) is 5.75 Å². The zero-order valence-corrected chi connectivity index (χ0v) is 7.68. The van der Waals surface area contributed by atoms with Gasteiger partial charge in [0.2, 0.25) is 0 Å². The van der Waals surface area contributed by atoms with Crippen molar-refractivity contribution in [2.24, 2.45) is 0 Å². The SMILES string of the molecule is O=C(O)C(CS)NCS(=O)(=O)O. The number of hydrogen-bond acceptors (Lipinski definition) is 5. The molecule has 0 aromatic rings. The fourth-order valence-corrected chi connectivity index (χ4v) is 1.13. The van der Waals surface area contributed by atoms with Crippen molar-refractivity contribution in [3.63, 3.8) is 0 Å². The van der Waals surface area contributed by atoms with Gasteiger partial charge in [-0.15, -0.1) is 0 Å². The summed E-state index contributed by atoms with van der Waals surface area (Å²) in [6.45, 7) is 0. The van der Waals surface area contributed by atoms with Crippen molar-refractivity contribution in [2.45, 2.75) is 6.04 Å². The summed E-state index contributed by atoms with van der Waals surface area (Å²) in [4.78, 5) is 10.3. The Morgan fingerprint density at radius 2 is 2.08 bits per heavy atom. The normalized spacial score (nSPS) is 14.2. The van der Waals surface area contributed by atoms with Crippen LogP contribution in [0.5, 0.6) is 0 Å². The summed E-state index contributed by atoms with van der Waals surface area (Å²) in [5, 5.41) is 10.5. The number of rotatable bonds is 5. The molecule has 0 aliphatic rings. The quantitative estimate of drug-likeness (QED) is 0.339. The van der Waals surface area contributed by atoms with Gasteiger partial charge < -0.3 is 5.11 Å². The molecule has 72 valence electrons. The van der Waals surface area contributed by atoms with Crippen molar-refractivity contribution in [1.29, 1.82) is 0 Å². The lowest BCUT2D eigenvalue weighted by Crippen LogP contribution is -2.40. The third-order valence-corrected chi connectivity index (χ3v) is 1.89. The molecule has 0 fully saturated rings. The highest BCUT2D eigenvalue weighted by molar-refractivity contribution is 7.85. The number of hydrogen-bond donors (Lipinski definition) is 4. The number of carboxylic acid groups (broad SMARTS) is 1. The zero-order valence-electron chi connectivity index (χ0n) is 5.97. The summed E-state index contributed by atoms with van der Waals surface area (Å²) in [7, 11) is -4.17. The molecule has 6 nitrogen and oxygen atoms in total. The molecule has 0 aromatic carbocycles. The molecule has 0 spiro atoms. The van der Waals surface area contributed by atoms with E-state index in [9.17, 15) is 13.2 Å². The molecular formula is C4H9NO5S2. The second kappa shape index (κ2) is 4.65. The van der Waals surface area contributed by atoms with Crippen LogP contribution in [0.3, 0.4) is 0 Å². The van der Waals surface area contributed by atoms with E-state index in [1.54, 1.807) is 0 Å². The van der Waals surface area contributed by atoms with Gasteiger partial charge in [0.15, 0.2) is 0 Å². The predicted octanol–water partition coefficient (Wildman–Crippen LogP) is -1.20. The van der Waals surface area contributed by atoms with Crippen molar-refractivity contribution in [3.8, 4) is 0 Å². The van der Waals surface area contributed by atoms with Crippen molar-refractivity contribution in [2.75, 3.05) is 11.6 Å². The highest BCUT2D eigenvalue weighted by atomic mass is 32.2. The van der Waals surface area contributed by atoms with Crippen LogP contribution in [0.1, 0.15) is 0 Å². The van der Waals surface area contributed by atoms with E-state index in [0.717, 1.165) is 0 Å². The van der Waals surface area contributed by atoms with Gasteiger partial charge in [-0.25, -0.2) is 0 Å².